The van der Waals surface area contributed by atoms with Crippen LogP contribution in [0.1, 0.15) is 35.2 Å². The minimum atomic E-state index is 0.341. The third kappa shape index (κ3) is 1.80. The molecular formula is C17H18N2S. The third-order valence-electron chi connectivity index (χ3n) is 4.96. The highest BCUT2D eigenvalue weighted by molar-refractivity contribution is 7.98. The van der Waals surface area contributed by atoms with Crippen LogP contribution in [0.4, 0.5) is 0 Å². The van der Waals surface area contributed by atoms with Gasteiger partial charge in [-0.3, -0.25) is 0 Å². The van der Waals surface area contributed by atoms with Crippen molar-refractivity contribution in [1.82, 2.24) is 9.97 Å². The lowest BCUT2D eigenvalue weighted by molar-refractivity contribution is 0.361. The minimum absolute atomic E-state index is 0.341. The Balaban J connectivity index is 1.77. The first kappa shape index (κ1) is 12.4. The van der Waals surface area contributed by atoms with Crippen molar-refractivity contribution in [1.29, 1.82) is 0 Å². The van der Waals surface area contributed by atoms with E-state index in [0.29, 0.717) is 5.41 Å². The lowest BCUT2D eigenvalue weighted by Crippen LogP contribution is -2.32. The van der Waals surface area contributed by atoms with Crippen molar-refractivity contribution < 1.29 is 0 Å². The quantitative estimate of drug-likeness (QED) is 0.590. The standard InChI is InChI=1S/C17H18N2S/c1-20-16-18-11-13-7-9-17(10-15(13)19-16)8-6-12-4-2-3-5-14(12)17/h2-5,11H,6-10H2,1H3. The number of rotatable bonds is 1. The molecule has 0 amide bonds. The Labute approximate surface area is 124 Å². The van der Waals surface area contributed by atoms with E-state index in [9.17, 15) is 0 Å². The summed E-state index contributed by atoms with van der Waals surface area (Å²) >= 11 is 1.64. The number of thioether (sulfide) groups is 1. The van der Waals surface area contributed by atoms with Crippen molar-refractivity contribution in [3.63, 3.8) is 0 Å². The van der Waals surface area contributed by atoms with Crippen LogP contribution in [0, 0.1) is 0 Å². The summed E-state index contributed by atoms with van der Waals surface area (Å²) in [5.41, 5.74) is 6.11. The largest absolute Gasteiger partial charge is 0.231 e. The maximum Gasteiger partial charge on any atom is 0.187 e. The first-order chi connectivity index (χ1) is 9.81. The predicted molar refractivity (Wildman–Crippen MR) is 82.3 cm³/mol. The first-order valence-corrected chi connectivity index (χ1v) is 8.50. The molecule has 4 rings (SSSR count). The first-order valence-electron chi connectivity index (χ1n) is 7.28. The van der Waals surface area contributed by atoms with Crippen LogP contribution in [0.25, 0.3) is 0 Å². The fourth-order valence-corrected chi connectivity index (χ4v) is 4.23. The fraction of sp³-hybridized carbons (Fsp3) is 0.412. The number of hydrogen-bond acceptors (Lipinski definition) is 3. The molecule has 1 unspecified atom stereocenters. The van der Waals surface area contributed by atoms with Crippen LogP contribution < -0.4 is 0 Å². The average molecular weight is 282 g/mol. The number of aromatic nitrogens is 2. The zero-order valence-corrected chi connectivity index (χ0v) is 12.5. The van der Waals surface area contributed by atoms with Gasteiger partial charge in [-0.15, -0.1) is 0 Å². The maximum atomic E-state index is 4.78. The van der Waals surface area contributed by atoms with Gasteiger partial charge < -0.3 is 0 Å². The molecule has 0 aliphatic heterocycles. The number of aryl methyl sites for hydroxylation is 2. The van der Waals surface area contributed by atoms with E-state index in [4.69, 9.17) is 4.98 Å². The smallest absolute Gasteiger partial charge is 0.187 e. The van der Waals surface area contributed by atoms with Gasteiger partial charge in [0.2, 0.25) is 0 Å². The van der Waals surface area contributed by atoms with Crippen LogP contribution >= 0.6 is 11.8 Å². The Bertz CT molecular complexity index is 668. The van der Waals surface area contributed by atoms with E-state index in [1.165, 1.54) is 30.5 Å². The molecule has 0 N–H and O–H groups in total. The summed E-state index contributed by atoms with van der Waals surface area (Å²) in [6, 6.07) is 8.99. The summed E-state index contributed by atoms with van der Waals surface area (Å²) in [5, 5.41) is 0.909. The maximum absolute atomic E-state index is 4.78. The lowest BCUT2D eigenvalue weighted by Gasteiger charge is -2.35. The summed E-state index contributed by atoms with van der Waals surface area (Å²) < 4.78 is 0. The van der Waals surface area contributed by atoms with Gasteiger partial charge in [-0.05, 0) is 55.1 Å². The molecule has 2 aliphatic rings. The Kier molecular flexibility index (Phi) is 2.84. The number of hydrogen-bond donors (Lipinski definition) is 0. The van der Waals surface area contributed by atoms with Gasteiger partial charge in [-0.1, -0.05) is 36.0 Å². The Morgan fingerprint density at radius 1 is 1.10 bits per heavy atom. The van der Waals surface area contributed by atoms with E-state index in [1.54, 1.807) is 22.9 Å². The van der Waals surface area contributed by atoms with Gasteiger partial charge in [-0.2, -0.15) is 0 Å². The number of fused-ring (bicyclic) bond motifs is 3. The summed E-state index contributed by atoms with van der Waals surface area (Å²) in [6.07, 6.45) is 10.1. The van der Waals surface area contributed by atoms with Crippen LogP contribution in [0.3, 0.4) is 0 Å². The van der Waals surface area contributed by atoms with Crippen LogP contribution in [-0.4, -0.2) is 16.2 Å². The van der Waals surface area contributed by atoms with Crippen LogP contribution in [0.15, 0.2) is 35.6 Å². The molecule has 2 aromatic rings. The third-order valence-corrected chi connectivity index (χ3v) is 5.52. The van der Waals surface area contributed by atoms with Crippen LogP contribution in [0.2, 0.25) is 0 Å². The molecule has 1 aromatic heterocycles. The minimum Gasteiger partial charge on any atom is -0.231 e. The lowest BCUT2D eigenvalue weighted by atomic mass is 9.70. The Morgan fingerprint density at radius 3 is 2.75 bits per heavy atom. The molecule has 0 saturated heterocycles. The molecule has 3 heteroatoms. The van der Waals surface area contributed by atoms with E-state index >= 15 is 0 Å². The summed E-state index contributed by atoms with van der Waals surface area (Å²) in [4.78, 5) is 9.20. The van der Waals surface area contributed by atoms with Crippen molar-refractivity contribution >= 4 is 11.8 Å². The monoisotopic (exact) mass is 282 g/mol. The molecule has 2 nitrogen and oxygen atoms in total. The van der Waals surface area contributed by atoms with Crippen molar-refractivity contribution in [2.75, 3.05) is 6.26 Å². The van der Waals surface area contributed by atoms with Gasteiger partial charge in [0.1, 0.15) is 0 Å². The van der Waals surface area contributed by atoms with Gasteiger partial charge in [-0.25, -0.2) is 9.97 Å². The van der Waals surface area contributed by atoms with E-state index < -0.39 is 0 Å². The molecule has 20 heavy (non-hydrogen) atoms. The number of benzene rings is 1. The topological polar surface area (TPSA) is 25.8 Å². The summed E-state index contributed by atoms with van der Waals surface area (Å²) in [7, 11) is 0. The molecular weight excluding hydrogens is 264 g/mol. The van der Waals surface area contributed by atoms with Gasteiger partial charge in [0, 0.05) is 17.3 Å². The molecule has 1 heterocycles. The second-order valence-corrected chi connectivity index (χ2v) is 6.72. The number of nitrogens with zero attached hydrogens (tertiary/aromatic N) is 2. The van der Waals surface area contributed by atoms with Crippen molar-refractivity contribution in [3.8, 4) is 0 Å². The van der Waals surface area contributed by atoms with E-state index in [2.05, 4.69) is 29.2 Å². The normalized spacial score (nSPS) is 23.6. The van der Waals surface area contributed by atoms with E-state index in [0.717, 1.165) is 18.0 Å². The molecule has 1 aromatic carbocycles. The highest BCUT2D eigenvalue weighted by atomic mass is 32.2. The van der Waals surface area contributed by atoms with Crippen LogP contribution in [0.5, 0.6) is 0 Å². The van der Waals surface area contributed by atoms with Crippen molar-refractivity contribution in [3.05, 3.63) is 52.8 Å². The summed E-state index contributed by atoms with van der Waals surface area (Å²) in [5.74, 6) is 0. The van der Waals surface area contributed by atoms with Crippen molar-refractivity contribution in [2.45, 2.75) is 42.7 Å². The fourth-order valence-electron chi connectivity index (χ4n) is 3.87. The van der Waals surface area contributed by atoms with Gasteiger partial charge in [0.25, 0.3) is 0 Å². The Hall–Kier alpha value is -1.35. The highest BCUT2D eigenvalue weighted by Gasteiger charge is 2.41. The molecule has 1 spiro atoms. The van der Waals surface area contributed by atoms with Gasteiger partial charge >= 0.3 is 0 Å². The zero-order valence-electron chi connectivity index (χ0n) is 11.7. The highest BCUT2D eigenvalue weighted by Crippen LogP contribution is 2.47. The molecule has 0 radical (unpaired) electrons. The molecule has 1 atom stereocenters. The zero-order chi connectivity index (χ0) is 13.6. The Morgan fingerprint density at radius 2 is 1.90 bits per heavy atom. The molecule has 2 aliphatic carbocycles. The molecule has 0 saturated carbocycles. The second kappa shape index (κ2) is 4.59. The summed E-state index contributed by atoms with van der Waals surface area (Å²) in [6.45, 7) is 0. The van der Waals surface area contributed by atoms with Gasteiger partial charge in [0.15, 0.2) is 5.16 Å². The predicted octanol–water partition coefficient (Wildman–Crippen LogP) is 3.57. The van der Waals surface area contributed by atoms with Gasteiger partial charge in [0.05, 0.1) is 0 Å². The van der Waals surface area contributed by atoms with Crippen molar-refractivity contribution in [2.24, 2.45) is 0 Å². The molecule has 102 valence electrons. The van der Waals surface area contributed by atoms with E-state index in [1.807, 2.05) is 12.5 Å². The second-order valence-electron chi connectivity index (χ2n) is 5.94. The SMILES string of the molecule is CSc1ncc2c(n1)CC1(CCc3ccccc31)CC2. The molecule has 0 fully saturated rings. The average Bonchev–Trinajstić information content (AvgIpc) is 2.85. The van der Waals surface area contributed by atoms with Crippen LogP contribution in [-0.2, 0) is 24.7 Å². The van der Waals surface area contributed by atoms with E-state index in [-0.39, 0.29) is 0 Å². The molecule has 0 bridgehead atoms.